The molecule has 0 bridgehead atoms. The van der Waals surface area contributed by atoms with Crippen molar-refractivity contribution in [3.05, 3.63) is 42.1 Å². The molecular formula is C17H24N4O. The summed E-state index contributed by atoms with van der Waals surface area (Å²) in [6.07, 6.45) is 4.99. The summed E-state index contributed by atoms with van der Waals surface area (Å²) in [4.78, 5) is 8.67. The molecule has 5 nitrogen and oxygen atoms in total. The van der Waals surface area contributed by atoms with Gasteiger partial charge < -0.3 is 15.4 Å². The van der Waals surface area contributed by atoms with E-state index in [9.17, 15) is 0 Å². The van der Waals surface area contributed by atoms with Crippen LogP contribution in [0.15, 0.2) is 36.5 Å². The molecular weight excluding hydrogens is 276 g/mol. The van der Waals surface area contributed by atoms with E-state index in [1.807, 2.05) is 18.2 Å². The van der Waals surface area contributed by atoms with Gasteiger partial charge in [0.2, 0.25) is 5.95 Å². The van der Waals surface area contributed by atoms with E-state index in [1.54, 1.807) is 13.3 Å². The second-order valence-electron chi connectivity index (χ2n) is 5.07. The first-order valence-corrected chi connectivity index (χ1v) is 7.75. The quantitative estimate of drug-likeness (QED) is 0.695. The lowest BCUT2D eigenvalue weighted by molar-refractivity contribution is 0.414. The van der Waals surface area contributed by atoms with E-state index in [0.717, 1.165) is 43.9 Å². The van der Waals surface area contributed by atoms with Gasteiger partial charge in [-0.25, -0.2) is 4.98 Å². The first kappa shape index (κ1) is 16.1. The van der Waals surface area contributed by atoms with Crippen molar-refractivity contribution >= 4 is 11.8 Å². The maximum atomic E-state index is 5.16. The van der Waals surface area contributed by atoms with Crippen LogP contribution in [0.2, 0.25) is 0 Å². The minimum Gasteiger partial charge on any atom is -0.497 e. The monoisotopic (exact) mass is 300 g/mol. The molecule has 118 valence electrons. The summed E-state index contributed by atoms with van der Waals surface area (Å²) in [7, 11) is 1.68. The van der Waals surface area contributed by atoms with E-state index in [0.29, 0.717) is 5.95 Å². The van der Waals surface area contributed by atoms with Gasteiger partial charge in [0.1, 0.15) is 11.6 Å². The van der Waals surface area contributed by atoms with Gasteiger partial charge >= 0.3 is 0 Å². The fourth-order valence-corrected chi connectivity index (χ4v) is 2.05. The summed E-state index contributed by atoms with van der Waals surface area (Å²) in [5, 5.41) is 6.56. The Morgan fingerprint density at radius 3 is 2.59 bits per heavy atom. The van der Waals surface area contributed by atoms with Crippen molar-refractivity contribution in [1.29, 1.82) is 0 Å². The third-order valence-electron chi connectivity index (χ3n) is 3.35. The summed E-state index contributed by atoms with van der Waals surface area (Å²) >= 11 is 0. The summed E-state index contributed by atoms with van der Waals surface area (Å²) in [5.41, 5.74) is 1.27. The van der Waals surface area contributed by atoms with Gasteiger partial charge in [0.25, 0.3) is 0 Å². The van der Waals surface area contributed by atoms with E-state index in [4.69, 9.17) is 4.74 Å². The van der Waals surface area contributed by atoms with Crippen LogP contribution in [-0.4, -0.2) is 30.2 Å². The molecule has 2 N–H and O–H groups in total. The highest BCUT2D eigenvalue weighted by molar-refractivity contribution is 5.39. The fraction of sp³-hybridized carbons (Fsp3) is 0.412. The van der Waals surface area contributed by atoms with Crippen LogP contribution < -0.4 is 15.4 Å². The largest absolute Gasteiger partial charge is 0.497 e. The predicted molar refractivity (Wildman–Crippen MR) is 90.6 cm³/mol. The van der Waals surface area contributed by atoms with Gasteiger partial charge in [0.05, 0.1) is 7.11 Å². The molecule has 0 aliphatic carbocycles. The van der Waals surface area contributed by atoms with Crippen LogP contribution in [0, 0.1) is 0 Å². The number of unbranched alkanes of at least 4 members (excludes halogenated alkanes) is 1. The molecule has 22 heavy (non-hydrogen) atoms. The summed E-state index contributed by atoms with van der Waals surface area (Å²) in [5.74, 6) is 2.42. The highest BCUT2D eigenvalue weighted by Gasteiger charge is 1.99. The van der Waals surface area contributed by atoms with E-state index >= 15 is 0 Å². The minimum atomic E-state index is 0.683. The van der Waals surface area contributed by atoms with Gasteiger partial charge in [-0.15, -0.1) is 0 Å². The molecule has 0 saturated heterocycles. The van der Waals surface area contributed by atoms with Crippen LogP contribution in [0.4, 0.5) is 11.8 Å². The molecule has 0 aliphatic rings. The van der Waals surface area contributed by atoms with E-state index < -0.39 is 0 Å². The number of anilines is 2. The maximum absolute atomic E-state index is 5.16. The lowest BCUT2D eigenvalue weighted by Crippen LogP contribution is -2.09. The molecule has 1 aromatic carbocycles. The van der Waals surface area contributed by atoms with Crippen molar-refractivity contribution in [1.82, 2.24) is 9.97 Å². The van der Waals surface area contributed by atoms with Gasteiger partial charge in [-0.3, -0.25) is 0 Å². The highest BCUT2D eigenvalue weighted by Crippen LogP contribution is 2.12. The van der Waals surface area contributed by atoms with Crippen molar-refractivity contribution < 1.29 is 4.74 Å². The third-order valence-corrected chi connectivity index (χ3v) is 3.35. The second kappa shape index (κ2) is 8.87. The average molecular weight is 300 g/mol. The lowest BCUT2D eigenvalue weighted by Gasteiger charge is -2.08. The number of hydrogen-bond acceptors (Lipinski definition) is 5. The molecule has 1 heterocycles. The number of nitrogens with zero attached hydrogens (tertiary/aromatic N) is 2. The maximum Gasteiger partial charge on any atom is 0.224 e. The van der Waals surface area contributed by atoms with E-state index in [2.05, 4.69) is 39.7 Å². The first-order chi connectivity index (χ1) is 10.8. The normalized spacial score (nSPS) is 10.3. The van der Waals surface area contributed by atoms with Crippen LogP contribution in [-0.2, 0) is 6.42 Å². The topological polar surface area (TPSA) is 59.1 Å². The third kappa shape index (κ3) is 5.24. The number of nitrogens with one attached hydrogen (secondary N) is 2. The summed E-state index contributed by atoms with van der Waals surface area (Å²) < 4.78 is 5.16. The van der Waals surface area contributed by atoms with Gasteiger partial charge in [-0.1, -0.05) is 25.5 Å². The molecule has 2 rings (SSSR count). The summed E-state index contributed by atoms with van der Waals surface area (Å²) in [6.45, 7) is 3.91. The van der Waals surface area contributed by atoms with Crippen LogP contribution in [0.1, 0.15) is 25.3 Å². The summed E-state index contributed by atoms with van der Waals surface area (Å²) in [6, 6.07) is 10.0. The number of aromatic nitrogens is 2. The zero-order valence-corrected chi connectivity index (χ0v) is 13.3. The van der Waals surface area contributed by atoms with Crippen molar-refractivity contribution in [2.45, 2.75) is 26.2 Å². The molecule has 0 radical (unpaired) electrons. The first-order valence-electron chi connectivity index (χ1n) is 7.75. The van der Waals surface area contributed by atoms with Gasteiger partial charge in [-0.2, -0.15) is 4.98 Å². The van der Waals surface area contributed by atoms with Crippen molar-refractivity contribution in [3.63, 3.8) is 0 Å². The zero-order chi connectivity index (χ0) is 15.6. The van der Waals surface area contributed by atoms with Gasteiger partial charge in [0, 0.05) is 19.3 Å². The fourth-order valence-electron chi connectivity index (χ4n) is 2.05. The number of hydrogen-bond donors (Lipinski definition) is 2. The van der Waals surface area contributed by atoms with Crippen LogP contribution >= 0.6 is 0 Å². The molecule has 0 spiro atoms. The molecule has 5 heteroatoms. The molecule has 0 atom stereocenters. The van der Waals surface area contributed by atoms with Gasteiger partial charge in [-0.05, 0) is 36.6 Å². The van der Waals surface area contributed by atoms with E-state index in [1.165, 1.54) is 5.56 Å². The molecule has 0 fully saturated rings. The minimum absolute atomic E-state index is 0.683. The Bertz CT molecular complexity index is 557. The lowest BCUT2D eigenvalue weighted by atomic mass is 10.1. The zero-order valence-electron chi connectivity index (χ0n) is 13.3. The molecule has 0 amide bonds. The number of rotatable bonds is 9. The predicted octanol–water partition coefficient (Wildman–Crippen LogP) is 3.35. The Hall–Kier alpha value is -2.30. The second-order valence-corrected chi connectivity index (χ2v) is 5.07. The van der Waals surface area contributed by atoms with Gasteiger partial charge in [0.15, 0.2) is 0 Å². The molecule has 0 unspecified atom stereocenters. The standard InChI is InChI=1S/C17H24N4O/c1-3-4-11-19-17-20-13-10-16(21-17)18-12-9-14-5-7-15(22-2)8-6-14/h5-8,10,13H,3-4,9,11-12H2,1-2H3,(H2,18,19,20,21). The van der Waals surface area contributed by atoms with Crippen LogP contribution in [0.5, 0.6) is 5.75 Å². The highest BCUT2D eigenvalue weighted by atomic mass is 16.5. The van der Waals surface area contributed by atoms with Crippen LogP contribution in [0.25, 0.3) is 0 Å². The Morgan fingerprint density at radius 1 is 1.05 bits per heavy atom. The number of ether oxygens (including phenoxy) is 1. The van der Waals surface area contributed by atoms with Crippen LogP contribution in [0.3, 0.4) is 0 Å². The Labute approximate surface area is 132 Å². The molecule has 2 aromatic rings. The van der Waals surface area contributed by atoms with Crippen molar-refractivity contribution in [2.24, 2.45) is 0 Å². The Morgan fingerprint density at radius 2 is 1.86 bits per heavy atom. The van der Waals surface area contributed by atoms with Crippen molar-refractivity contribution in [3.8, 4) is 5.75 Å². The van der Waals surface area contributed by atoms with Crippen molar-refractivity contribution in [2.75, 3.05) is 30.8 Å². The Balaban J connectivity index is 1.79. The molecule has 0 saturated carbocycles. The number of methoxy groups -OCH3 is 1. The molecule has 1 aromatic heterocycles. The Kier molecular flexibility index (Phi) is 6.48. The number of benzene rings is 1. The smallest absolute Gasteiger partial charge is 0.224 e. The molecule has 0 aliphatic heterocycles. The van der Waals surface area contributed by atoms with E-state index in [-0.39, 0.29) is 0 Å². The average Bonchev–Trinajstić information content (AvgIpc) is 2.56. The SMILES string of the molecule is CCCCNc1nccc(NCCc2ccc(OC)cc2)n1.